The molecule has 0 spiro atoms. The molecule has 1 saturated heterocycles. The van der Waals surface area contributed by atoms with Crippen molar-refractivity contribution in [3.05, 3.63) is 29.6 Å². The number of carbonyl (C=O) groups excluding carboxylic acids is 1. The largest absolute Gasteiger partial charge is 0.444 e. The monoisotopic (exact) mass is 318 g/mol. The molecule has 0 atom stereocenters. The van der Waals surface area contributed by atoms with E-state index in [0.717, 1.165) is 17.0 Å². The minimum atomic E-state index is -4.62. The Kier molecular flexibility index (Phi) is 3.85. The van der Waals surface area contributed by atoms with Gasteiger partial charge in [0.2, 0.25) is 0 Å². The average Bonchev–Trinajstić information content (AvgIpc) is 2.31. The summed E-state index contributed by atoms with van der Waals surface area (Å²) in [6.45, 7) is 4.45. The van der Waals surface area contributed by atoms with E-state index in [-0.39, 0.29) is 13.1 Å². The number of hydrogen-bond donors (Lipinski definition) is 1. The summed E-state index contributed by atoms with van der Waals surface area (Å²) in [6.07, 6.45) is -4.12. The van der Waals surface area contributed by atoms with Gasteiger partial charge in [0.25, 0.3) is 0 Å². The maximum Gasteiger partial charge on any atom is 0.418 e. The van der Waals surface area contributed by atoms with Gasteiger partial charge < -0.3 is 14.7 Å². The second-order valence-corrected chi connectivity index (χ2v) is 6.27. The van der Waals surface area contributed by atoms with E-state index in [9.17, 15) is 23.1 Å². The molecule has 122 valence electrons. The van der Waals surface area contributed by atoms with Crippen LogP contribution < -0.4 is 0 Å². The molecule has 0 aliphatic carbocycles. The van der Waals surface area contributed by atoms with E-state index in [4.69, 9.17) is 4.74 Å². The zero-order chi connectivity index (χ0) is 16.8. The van der Waals surface area contributed by atoms with E-state index in [1.807, 2.05) is 0 Å². The van der Waals surface area contributed by atoms with Crippen LogP contribution in [0.25, 0.3) is 0 Å². The van der Waals surface area contributed by atoms with Crippen molar-refractivity contribution in [2.45, 2.75) is 38.1 Å². The normalized spacial score (nSPS) is 17.9. The van der Waals surface area contributed by atoms with Gasteiger partial charge in [-0.3, -0.25) is 4.98 Å². The lowest BCUT2D eigenvalue weighted by Gasteiger charge is -2.46. The second-order valence-electron chi connectivity index (χ2n) is 6.27. The van der Waals surface area contributed by atoms with Crippen LogP contribution in [0, 0.1) is 0 Å². The lowest BCUT2D eigenvalue weighted by molar-refractivity contribution is -0.148. The maximum atomic E-state index is 13.0. The first-order valence-electron chi connectivity index (χ1n) is 6.65. The Balaban J connectivity index is 2.15. The number of rotatable bonds is 1. The Morgan fingerprint density at radius 3 is 2.45 bits per heavy atom. The summed E-state index contributed by atoms with van der Waals surface area (Å²) in [4.78, 5) is 16.6. The van der Waals surface area contributed by atoms with Crippen molar-refractivity contribution in [2.75, 3.05) is 13.1 Å². The van der Waals surface area contributed by atoms with E-state index in [1.165, 1.54) is 6.20 Å². The summed E-state index contributed by atoms with van der Waals surface area (Å²) in [7, 11) is 0. The summed E-state index contributed by atoms with van der Waals surface area (Å²) >= 11 is 0. The fraction of sp³-hybridized carbons (Fsp3) is 0.571. The third-order valence-corrected chi connectivity index (χ3v) is 3.11. The van der Waals surface area contributed by atoms with E-state index in [2.05, 4.69) is 4.98 Å². The standard InChI is InChI=1S/C14H17F3N2O3/c1-12(2,3)22-11(20)19-7-13(21,8-19)10-9(14(15,16)17)5-4-6-18-10/h4-6,21H,7-8H2,1-3H3. The van der Waals surface area contributed by atoms with Gasteiger partial charge in [-0.25, -0.2) is 4.79 Å². The highest BCUT2D eigenvalue weighted by molar-refractivity contribution is 5.70. The second kappa shape index (κ2) is 5.12. The summed E-state index contributed by atoms with van der Waals surface area (Å²) < 4.78 is 44.0. The van der Waals surface area contributed by atoms with Crippen molar-refractivity contribution >= 4 is 6.09 Å². The van der Waals surface area contributed by atoms with Crippen molar-refractivity contribution in [3.63, 3.8) is 0 Å². The molecule has 0 unspecified atom stereocenters. The predicted molar refractivity (Wildman–Crippen MR) is 70.9 cm³/mol. The molecule has 1 N–H and O–H groups in total. The lowest BCUT2D eigenvalue weighted by atomic mass is 9.87. The molecule has 0 bridgehead atoms. The number of amides is 1. The quantitative estimate of drug-likeness (QED) is 0.864. The Hall–Kier alpha value is -1.83. The minimum absolute atomic E-state index is 0.290. The molecule has 8 heteroatoms. The predicted octanol–water partition coefficient (Wildman–Crippen LogP) is 2.54. The molecule has 1 amide bonds. The molecular weight excluding hydrogens is 301 g/mol. The topological polar surface area (TPSA) is 62.7 Å². The number of alkyl halides is 3. The van der Waals surface area contributed by atoms with Crippen molar-refractivity contribution in [1.29, 1.82) is 0 Å². The number of nitrogens with zero attached hydrogens (tertiary/aromatic N) is 2. The molecule has 5 nitrogen and oxygen atoms in total. The Morgan fingerprint density at radius 2 is 1.95 bits per heavy atom. The number of carbonyl (C=O) groups is 1. The summed E-state index contributed by atoms with van der Waals surface area (Å²) in [5, 5.41) is 10.3. The van der Waals surface area contributed by atoms with Crippen LogP contribution in [0.3, 0.4) is 0 Å². The van der Waals surface area contributed by atoms with Gasteiger partial charge in [0.15, 0.2) is 0 Å². The molecule has 1 aromatic heterocycles. The number of halogens is 3. The fourth-order valence-corrected chi connectivity index (χ4v) is 2.20. The highest BCUT2D eigenvalue weighted by Crippen LogP contribution is 2.39. The van der Waals surface area contributed by atoms with Crippen molar-refractivity contribution in [3.8, 4) is 0 Å². The number of pyridine rings is 1. The lowest BCUT2D eigenvalue weighted by Crippen LogP contribution is -2.62. The molecule has 1 aliphatic heterocycles. The number of aliphatic hydroxyl groups is 1. The molecule has 1 fully saturated rings. The van der Waals surface area contributed by atoms with Crippen LogP contribution >= 0.6 is 0 Å². The third-order valence-electron chi connectivity index (χ3n) is 3.11. The first kappa shape index (κ1) is 16.5. The molecule has 2 heterocycles. The maximum absolute atomic E-state index is 13.0. The smallest absolute Gasteiger partial charge is 0.418 e. The van der Waals surface area contributed by atoms with Gasteiger partial charge in [0.05, 0.1) is 24.3 Å². The Morgan fingerprint density at radius 1 is 1.36 bits per heavy atom. The van der Waals surface area contributed by atoms with E-state index >= 15 is 0 Å². The van der Waals surface area contributed by atoms with E-state index < -0.39 is 34.7 Å². The van der Waals surface area contributed by atoms with E-state index in [0.29, 0.717) is 0 Å². The van der Waals surface area contributed by atoms with Crippen molar-refractivity contribution in [2.24, 2.45) is 0 Å². The van der Waals surface area contributed by atoms with Crippen molar-refractivity contribution < 1.29 is 27.8 Å². The van der Waals surface area contributed by atoms with Gasteiger partial charge >= 0.3 is 12.3 Å². The molecule has 0 aromatic carbocycles. The van der Waals surface area contributed by atoms with Crippen LogP contribution in [0.15, 0.2) is 18.3 Å². The number of β-amino-alcohol motifs (C(OH)–C–C–N with tert-alkyl or cyclic N) is 1. The van der Waals surface area contributed by atoms with Gasteiger partial charge in [-0.2, -0.15) is 13.2 Å². The molecular formula is C14H17F3N2O3. The third kappa shape index (κ3) is 3.32. The minimum Gasteiger partial charge on any atom is -0.444 e. The van der Waals surface area contributed by atoms with Crippen LogP contribution in [-0.4, -0.2) is 39.8 Å². The molecule has 1 aliphatic rings. The van der Waals surface area contributed by atoms with Crippen LogP contribution in [0.4, 0.5) is 18.0 Å². The zero-order valence-electron chi connectivity index (χ0n) is 12.4. The zero-order valence-corrected chi connectivity index (χ0v) is 12.4. The number of likely N-dealkylation sites (tertiary alicyclic amines) is 1. The first-order chi connectivity index (χ1) is 9.92. The number of ether oxygens (including phenoxy) is 1. The number of aromatic nitrogens is 1. The van der Waals surface area contributed by atoms with Gasteiger partial charge in [-0.1, -0.05) is 0 Å². The summed E-state index contributed by atoms with van der Waals surface area (Å²) in [6, 6.07) is 2.01. The van der Waals surface area contributed by atoms with Gasteiger partial charge in [-0.15, -0.1) is 0 Å². The summed E-state index contributed by atoms with van der Waals surface area (Å²) in [5.41, 5.74) is -4.00. The van der Waals surface area contributed by atoms with Crippen LogP contribution in [-0.2, 0) is 16.5 Å². The van der Waals surface area contributed by atoms with Gasteiger partial charge in [-0.05, 0) is 32.9 Å². The summed E-state index contributed by atoms with van der Waals surface area (Å²) in [5.74, 6) is 0. The molecule has 2 rings (SSSR count). The molecule has 0 radical (unpaired) electrons. The van der Waals surface area contributed by atoms with Crippen molar-refractivity contribution in [1.82, 2.24) is 9.88 Å². The van der Waals surface area contributed by atoms with Crippen LogP contribution in [0.5, 0.6) is 0 Å². The van der Waals surface area contributed by atoms with Crippen LogP contribution in [0.1, 0.15) is 32.0 Å². The molecule has 0 saturated carbocycles. The van der Waals surface area contributed by atoms with Gasteiger partial charge in [0.1, 0.15) is 11.2 Å². The van der Waals surface area contributed by atoms with Gasteiger partial charge in [0, 0.05) is 6.20 Å². The first-order valence-corrected chi connectivity index (χ1v) is 6.65. The molecule has 1 aromatic rings. The Bertz CT molecular complexity index is 575. The van der Waals surface area contributed by atoms with E-state index in [1.54, 1.807) is 20.8 Å². The van der Waals surface area contributed by atoms with Crippen LogP contribution in [0.2, 0.25) is 0 Å². The SMILES string of the molecule is CC(C)(C)OC(=O)N1CC(O)(c2ncccc2C(F)(F)F)C1. The Labute approximate surface area is 125 Å². The molecule has 22 heavy (non-hydrogen) atoms. The fourth-order valence-electron chi connectivity index (χ4n) is 2.20. The average molecular weight is 318 g/mol. The number of hydrogen-bond acceptors (Lipinski definition) is 4. The highest BCUT2D eigenvalue weighted by Gasteiger charge is 2.51. The highest BCUT2D eigenvalue weighted by atomic mass is 19.4.